The van der Waals surface area contributed by atoms with Crippen molar-refractivity contribution in [2.75, 3.05) is 19.6 Å². The van der Waals surface area contributed by atoms with E-state index in [0.717, 1.165) is 37.4 Å². The Labute approximate surface area is 150 Å². The van der Waals surface area contributed by atoms with Crippen LogP contribution in [0.3, 0.4) is 0 Å². The Morgan fingerprint density at radius 2 is 1.91 bits per heavy atom. The highest BCUT2D eigenvalue weighted by molar-refractivity contribution is 6.30. The van der Waals surface area contributed by atoms with Crippen molar-refractivity contribution in [1.82, 2.24) is 10.6 Å². The van der Waals surface area contributed by atoms with Gasteiger partial charge in [-0.3, -0.25) is 4.79 Å². The van der Waals surface area contributed by atoms with Gasteiger partial charge in [0.25, 0.3) is 0 Å². The summed E-state index contributed by atoms with van der Waals surface area (Å²) in [7, 11) is 0. The Morgan fingerprint density at radius 1 is 1.30 bits per heavy atom. The van der Waals surface area contributed by atoms with Gasteiger partial charge in [0.05, 0.1) is 0 Å². The predicted octanol–water partition coefficient (Wildman–Crippen LogP) is 3.55. The maximum Gasteiger partial charge on any atom is 0.223 e. The standard InChI is InChI=1S/C18H25ClN2O.ClH/c1-17(2,13-3-5-14(19)6-4-13)12-21-16(22)15-11-18(15)7-9-20-10-8-18;/h3-6,15,20H,7-12H2,1-2H3,(H,21,22);1H. The van der Waals surface area contributed by atoms with Crippen LogP contribution >= 0.6 is 24.0 Å². The van der Waals surface area contributed by atoms with Crippen LogP contribution in [0.25, 0.3) is 0 Å². The monoisotopic (exact) mass is 356 g/mol. The van der Waals surface area contributed by atoms with Crippen molar-refractivity contribution in [3.63, 3.8) is 0 Å². The van der Waals surface area contributed by atoms with Crippen LogP contribution < -0.4 is 10.6 Å². The number of carbonyl (C=O) groups excluding carboxylic acids is 1. The SMILES string of the molecule is CC(C)(CNC(=O)C1CC12CCNCC2)c1ccc(Cl)cc1.Cl. The molecule has 1 amide bonds. The van der Waals surface area contributed by atoms with Gasteiger partial charge >= 0.3 is 0 Å². The summed E-state index contributed by atoms with van der Waals surface area (Å²) < 4.78 is 0. The normalized spacial score (nSPS) is 22.3. The van der Waals surface area contributed by atoms with E-state index in [2.05, 4.69) is 24.5 Å². The Hall–Kier alpha value is -0.770. The number of amides is 1. The molecule has 1 aliphatic heterocycles. The van der Waals surface area contributed by atoms with E-state index >= 15 is 0 Å². The van der Waals surface area contributed by atoms with Gasteiger partial charge in [-0.05, 0) is 55.5 Å². The van der Waals surface area contributed by atoms with Crippen molar-refractivity contribution in [3.8, 4) is 0 Å². The van der Waals surface area contributed by atoms with Crippen LogP contribution in [0.2, 0.25) is 5.02 Å². The van der Waals surface area contributed by atoms with Crippen molar-refractivity contribution < 1.29 is 4.79 Å². The van der Waals surface area contributed by atoms with Crippen LogP contribution in [-0.4, -0.2) is 25.5 Å². The van der Waals surface area contributed by atoms with Gasteiger partial charge in [0.2, 0.25) is 5.91 Å². The van der Waals surface area contributed by atoms with Crippen molar-refractivity contribution >= 4 is 29.9 Å². The molecule has 2 aliphatic rings. The zero-order valence-electron chi connectivity index (χ0n) is 13.8. The maximum absolute atomic E-state index is 12.5. The minimum atomic E-state index is -0.0869. The number of nitrogens with one attached hydrogen (secondary N) is 2. The third-order valence-corrected chi connectivity index (χ3v) is 5.69. The van der Waals surface area contributed by atoms with E-state index < -0.39 is 0 Å². The molecule has 1 unspecified atom stereocenters. The minimum Gasteiger partial charge on any atom is -0.355 e. The Bertz CT molecular complexity index is 551. The van der Waals surface area contributed by atoms with Gasteiger partial charge in [-0.25, -0.2) is 0 Å². The summed E-state index contributed by atoms with van der Waals surface area (Å²) in [6.07, 6.45) is 3.36. The number of carbonyl (C=O) groups is 1. The van der Waals surface area contributed by atoms with E-state index in [-0.39, 0.29) is 29.6 Å². The molecule has 0 radical (unpaired) electrons. The first-order valence-electron chi connectivity index (χ1n) is 8.17. The number of hydrogen-bond donors (Lipinski definition) is 2. The molecule has 3 rings (SSSR count). The van der Waals surface area contributed by atoms with Crippen LogP contribution in [0.1, 0.15) is 38.7 Å². The summed E-state index contributed by atoms with van der Waals surface area (Å²) in [6, 6.07) is 7.90. The van der Waals surface area contributed by atoms with Gasteiger partial charge < -0.3 is 10.6 Å². The van der Waals surface area contributed by atoms with Crippen LogP contribution in [-0.2, 0) is 10.2 Å². The smallest absolute Gasteiger partial charge is 0.223 e. The summed E-state index contributed by atoms with van der Waals surface area (Å²) in [6.45, 7) is 7.09. The summed E-state index contributed by atoms with van der Waals surface area (Å²) in [5.41, 5.74) is 1.42. The largest absolute Gasteiger partial charge is 0.355 e. The molecule has 2 N–H and O–H groups in total. The Balaban J connectivity index is 0.00000192. The van der Waals surface area contributed by atoms with Crippen molar-refractivity contribution in [3.05, 3.63) is 34.9 Å². The fourth-order valence-corrected chi connectivity index (χ4v) is 3.76. The first-order chi connectivity index (χ1) is 10.4. The highest BCUT2D eigenvalue weighted by Gasteiger charge is 2.57. The number of hydrogen-bond acceptors (Lipinski definition) is 2. The van der Waals surface area contributed by atoms with E-state index in [1.807, 2.05) is 24.3 Å². The Morgan fingerprint density at radius 3 is 2.52 bits per heavy atom. The summed E-state index contributed by atoms with van der Waals surface area (Å²) in [5, 5.41) is 7.30. The number of piperidine rings is 1. The molecule has 1 aromatic carbocycles. The molecule has 3 nitrogen and oxygen atoms in total. The lowest BCUT2D eigenvalue weighted by atomic mass is 9.84. The molecule has 23 heavy (non-hydrogen) atoms. The predicted molar refractivity (Wildman–Crippen MR) is 97.4 cm³/mol. The maximum atomic E-state index is 12.5. The lowest BCUT2D eigenvalue weighted by molar-refractivity contribution is -0.123. The summed E-state index contributed by atoms with van der Waals surface area (Å²) in [5.74, 6) is 0.472. The fourth-order valence-electron chi connectivity index (χ4n) is 3.63. The van der Waals surface area contributed by atoms with Gasteiger partial charge in [-0.2, -0.15) is 0 Å². The lowest BCUT2D eigenvalue weighted by Gasteiger charge is -2.27. The average molecular weight is 357 g/mol. The van der Waals surface area contributed by atoms with Crippen molar-refractivity contribution in [2.24, 2.45) is 11.3 Å². The number of benzene rings is 1. The molecule has 1 aromatic rings. The van der Waals surface area contributed by atoms with E-state index in [1.165, 1.54) is 5.56 Å². The third-order valence-electron chi connectivity index (χ3n) is 5.44. The molecule has 1 atom stereocenters. The summed E-state index contributed by atoms with van der Waals surface area (Å²) >= 11 is 5.95. The van der Waals surface area contributed by atoms with Crippen LogP contribution in [0.15, 0.2) is 24.3 Å². The zero-order valence-corrected chi connectivity index (χ0v) is 15.4. The molecule has 128 valence electrons. The molecular weight excluding hydrogens is 331 g/mol. The van der Waals surface area contributed by atoms with E-state index in [4.69, 9.17) is 11.6 Å². The molecular formula is C18H26Cl2N2O. The average Bonchev–Trinajstić information content (AvgIpc) is 3.19. The molecule has 1 aliphatic carbocycles. The molecule has 2 fully saturated rings. The van der Waals surface area contributed by atoms with Crippen molar-refractivity contribution in [2.45, 2.75) is 38.5 Å². The molecule has 1 saturated heterocycles. The lowest BCUT2D eigenvalue weighted by Crippen LogP contribution is -2.39. The van der Waals surface area contributed by atoms with Gasteiger partial charge in [0.1, 0.15) is 0 Å². The molecule has 0 aromatic heterocycles. The number of rotatable bonds is 4. The second-order valence-corrected chi connectivity index (χ2v) is 7.91. The summed E-state index contributed by atoms with van der Waals surface area (Å²) in [4.78, 5) is 12.5. The van der Waals surface area contributed by atoms with E-state index in [9.17, 15) is 4.79 Å². The number of halogens is 2. The van der Waals surface area contributed by atoms with Gasteiger partial charge in [0, 0.05) is 22.9 Å². The third kappa shape index (κ3) is 4.01. The fraction of sp³-hybridized carbons (Fsp3) is 0.611. The second kappa shape index (κ2) is 7.00. The van der Waals surface area contributed by atoms with Crippen LogP contribution in [0.5, 0.6) is 0 Å². The first kappa shape index (κ1) is 18.6. The molecule has 5 heteroatoms. The first-order valence-corrected chi connectivity index (χ1v) is 8.55. The van der Waals surface area contributed by atoms with E-state index in [1.54, 1.807) is 0 Å². The van der Waals surface area contributed by atoms with E-state index in [0.29, 0.717) is 12.0 Å². The minimum absolute atomic E-state index is 0. The highest BCUT2D eigenvalue weighted by atomic mass is 35.5. The molecule has 1 spiro atoms. The molecule has 1 heterocycles. The molecule has 1 saturated carbocycles. The molecule has 0 bridgehead atoms. The van der Waals surface area contributed by atoms with Crippen LogP contribution in [0.4, 0.5) is 0 Å². The highest BCUT2D eigenvalue weighted by Crippen LogP contribution is 2.58. The second-order valence-electron chi connectivity index (χ2n) is 7.48. The topological polar surface area (TPSA) is 41.1 Å². The van der Waals surface area contributed by atoms with Gasteiger partial charge in [0.15, 0.2) is 0 Å². The van der Waals surface area contributed by atoms with Gasteiger partial charge in [-0.15, -0.1) is 12.4 Å². The van der Waals surface area contributed by atoms with Crippen LogP contribution in [0, 0.1) is 11.3 Å². The quantitative estimate of drug-likeness (QED) is 0.865. The zero-order chi connectivity index (χ0) is 15.8. The van der Waals surface area contributed by atoms with Gasteiger partial charge in [-0.1, -0.05) is 37.6 Å². The van der Waals surface area contributed by atoms with Crippen molar-refractivity contribution in [1.29, 1.82) is 0 Å². The Kier molecular flexibility index (Phi) is 5.65.